The second kappa shape index (κ2) is 5.41. The lowest BCUT2D eigenvalue weighted by atomic mass is 9.76. The van der Waals surface area contributed by atoms with E-state index >= 15 is 0 Å². The maximum atomic E-state index is 13.5. The fraction of sp³-hybridized carbons (Fsp3) is 0.571. The van der Waals surface area contributed by atoms with Gasteiger partial charge in [-0.3, -0.25) is 14.6 Å². The van der Waals surface area contributed by atoms with Crippen molar-refractivity contribution in [3.05, 3.63) is 41.7 Å². The third kappa shape index (κ3) is 2.32. The molecule has 0 saturated carbocycles. The van der Waals surface area contributed by atoms with Crippen molar-refractivity contribution in [1.29, 1.82) is 0 Å². The van der Waals surface area contributed by atoms with E-state index in [1.54, 1.807) is 6.20 Å². The summed E-state index contributed by atoms with van der Waals surface area (Å²) in [5, 5.41) is 0. The highest BCUT2D eigenvalue weighted by atomic mass is 16.5. The van der Waals surface area contributed by atoms with E-state index in [1.807, 2.05) is 54.9 Å². The average Bonchev–Trinajstić information content (AvgIpc) is 3.28. The van der Waals surface area contributed by atoms with Gasteiger partial charge < -0.3 is 14.5 Å². The fourth-order valence-electron chi connectivity index (χ4n) is 5.11. The zero-order valence-corrected chi connectivity index (χ0v) is 16.0. The molecule has 0 aromatic carbocycles. The van der Waals surface area contributed by atoms with E-state index < -0.39 is 17.4 Å². The lowest BCUT2D eigenvalue weighted by molar-refractivity contribution is -0.145. The number of ether oxygens (including phenoxy) is 1. The molecule has 2 fully saturated rings. The van der Waals surface area contributed by atoms with Crippen LogP contribution in [0.3, 0.4) is 0 Å². The lowest BCUT2D eigenvalue weighted by Crippen LogP contribution is -2.48. The normalized spacial score (nSPS) is 34.2. The quantitative estimate of drug-likeness (QED) is 0.707. The molecule has 2 amide bonds. The summed E-state index contributed by atoms with van der Waals surface area (Å²) in [6.07, 6.45) is 6.27. The van der Waals surface area contributed by atoms with Crippen LogP contribution >= 0.6 is 0 Å². The number of nitrogens with zero attached hydrogens (tertiary/aromatic N) is 3. The molecule has 0 unspecified atom stereocenters. The van der Waals surface area contributed by atoms with E-state index in [0.29, 0.717) is 19.6 Å². The van der Waals surface area contributed by atoms with Gasteiger partial charge in [0.25, 0.3) is 0 Å². The summed E-state index contributed by atoms with van der Waals surface area (Å²) < 4.78 is 6.24. The van der Waals surface area contributed by atoms with Crippen molar-refractivity contribution in [2.75, 3.05) is 13.1 Å². The molecule has 142 valence electrons. The number of hydrogen-bond donors (Lipinski definition) is 0. The molecule has 6 heteroatoms. The van der Waals surface area contributed by atoms with Crippen LogP contribution in [0.15, 0.2) is 30.5 Å². The van der Waals surface area contributed by atoms with Crippen LogP contribution in [-0.4, -0.2) is 56.9 Å². The van der Waals surface area contributed by atoms with Crippen molar-refractivity contribution in [2.45, 2.75) is 51.0 Å². The topological polar surface area (TPSA) is 62.7 Å². The number of rotatable bonds is 1. The molecule has 1 aromatic heterocycles. The van der Waals surface area contributed by atoms with Crippen LogP contribution in [0.1, 0.15) is 32.0 Å². The van der Waals surface area contributed by atoms with Gasteiger partial charge in [-0.15, -0.1) is 0 Å². The third-order valence-electron chi connectivity index (χ3n) is 6.47. The Morgan fingerprint density at radius 1 is 1.37 bits per heavy atom. The van der Waals surface area contributed by atoms with Crippen LogP contribution < -0.4 is 0 Å². The highest BCUT2D eigenvalue weighted by Gasteiger charge is 2.68. The minimum absolute atomic E-state index is 0.0369. The highest BCUT2D eigenvalue weighted by molar-refractivity contribution is 5.93. The standard InChI is InChI=1S/C21H25N3O3/c1-20(2,3)24-12-21-8-6-15(27-21)16(17(21)19(24)26)18(25)23-10-7-14-13(11-23)5-4-9-22-14/h4-6,8-9,15-17H,7,10-12H2,1-3H3/t15-,16-,17-,21-/m0/s1. The fourth-order valence-corrected chi connectivity index (χ4v) is 5.11. The highest BCUT2D eigenvalue weighted by Crippen LogP contribution is 2.53. The van der Waals surface area contributed by atoms with Gasteiger partial charge in [0.05, 0.1) is 24.5 Å². The molecule has 4 aliphatic rings. The Kier molecular flexibility index (Phi) is 3.39. The Bertz CT molecular complexity index is 858. The van der Waals surface area contributed by atoms with Crippen molar-refractivity contribution in [2.24, 2.45) is 11.8 Å². The number of aromatic nitrogens is 1. The Hall–Kier alpha value is -2.21. The number of amides is 2. The van der Waals surface area contributed by atoms with E-state index in [9.17, 15) is 9.59 Å². The molecule has 5 heterocycles. The van der Waals surface area contributed by atoms with Gasteiger partial charge in [0.2, 0.25) is 11.8 Å². The molecule has 5 rings (SSSR count). The SMILES string of the molecule is CC(C)(C)N1C[C@]23C=C[C@H](O2)[C@H](C(=O)N2CCc4ncccc4C2)[C@H]3C1=O. The van der Waals surface area contributed by atoms with Gasteiger partial charge in [0.1, 0.15) is 5.60 Å². The van der Waals surface area contributed by atoms with Gasteiger partial charge in [0.15, 0.2) is 0 Å². The van der Waals surface area contributed by atoms with Gasteiger partial charge in [0, 0.05) is 36.9 Å². The lowest BCUT2D eigenvalue weighted by Gasteiger charge is -2.35. The molecule has 27 heavy (non-hydrogen) atoms. The Balaban J connectivity index is 1.44. The van der Waals surface area contributed by atoms with E-state index in [-0.39, 0.29) is 23.5 Å². The molecule has 2 saturated heterocycles. The van der Waals surface area contributed by atoms with Gasteiger partial charge >= 0.3 is 0 Å². The molecule has 6 nitrogen and oxygen atoms in total. The molecule has 0 radical (unpaired) electrons. The summed E-state index contributed by atoms with van der Waals surface area (Å²) in [6.45, 7) is 7.83. The summed E-state index contributed by atoms with van der Waals surface area (Å²) >= 11 is 0. The Labute approximate surface area is 159 Å². The van der Waals surface area contributed by atoms with Crippen LogP contribution in [0.4, 0.5) is 0 Å². The Morgan fingerprint density at radius 2 is 2.19 bits per heavy atom. The molecule has 2 bridgehead atoms. The van der Waals surface area contributed by atoms with Gasteiger partial charge in [-0.25, -0.2) is 0 Å². The number of fused-ring (bicyclic) bond motifs is 2. The number of hydrogen-bond acceptors (Lipinski definition) is 4. The van der Waals surface area contributed by atoms with Crippen molar-refractivity contribution in [3.63, 3.8) is 0 Å². The van der Waals surface area contributed by atoms with Crippen LogP contribution in [0.2, 0.25) is 0 Å². The van der Waals surface area contributed by atoms with Gasteiger partial charge in [-0.05, 0) is 32.4 Å². The summed E-state index contributed by atoms with van der Waals surface area (Å²) in [7, 11) is 0. The maximum absolute atomic E-state index is 13.5. The molecule has 0 aliphatic carbocycles. The number of carbonyl (C=O) groups excluding carboxylic acids is 2. The maximum Gasteiger partial charge on any atom is 0.230 e. The third-order valence-corrected chi connectivity index (χ3v) is 6.47. The smallest absolute Gasteiger partial charge is 0.230 e. The number of likely N-dealkylation sites (tertiary alicyclic amines) is 1. The first kappa shape index (κ1) is 16.9. The van der Waals surface area contributed by atoms with E-state index in [4.69, 9.17) is 4.74 Å². The van der Waals surface area contributed by atoms with E-state index in [1.165, 1.54) is 0 Å². The summed E-state index contributed by atoms with van der Waals surface area (Å²) in [6, 6.07) is 3.94. The number of carbonyl (C=O) groups is 2. The zero-order valence-electron chi connectivity index (χ0n) is 16.0. The van der Waals surface area contributed by atoms with Gasteiger partial charge in [-0.2, -0.15) is 0 Å². The minimum atomic E-state index is -0.634. The van der Waals surface area contributed by atoms with Gasteiger partial charge in [-0.1, -0.05) is 18.2 Å². The molecular formula is C21H25N3O3. The monoisotopic (exact) mass is 367 g/mol. The molecular weight excluding hydrogens is 342 g/mol. The van der Waals surface area contributed by atoms with E-state index in [0.717, 1.165) is 17.7 Å². The summed E-state index contributed by atoms with van der Waals surface area (Å²) in [4.78, 5) is 34.9. The summed E-state index contributed by atoms with van der Waals surface area (Å²) in [5.41, 5.74) is 1.25. The first-order valence-corrected chi connectivity index (χ1v) is 9.70. The first-order valence-electron chi connectivity index (χ1n) is 9.70. The van der Waals surface area contributed by atoms with Crippen molar-refractivity contribution in [1.82, 2.24) is 14.8 Å². The second-order valence-corrected chi connectivity index (χ2v) is 9.11. The molecule has 0 N–H and O–H groups in total. The largest absolute Gasteiger partial charge is 0.360 e. The zero-order chi connectivity index (χ0) is 19.0. The van der Waals surface area contributed by atoms with Crippen molar-refractivity contribution >= 4 is 11.8 Å². The average molecular weight is 367 g/mol. The predicted octanol–water partition coefficient (Wildman–Crippen LogP) is 1.55. The minimum Gasteiger partial charge on any atom is -0.360 e. The van der Waals surface area contributed by atoms with Crippen molar-refractivity contribution < 1.29 is 14.3 Å². The molecule has 1 aromatic rings. The number of pyridine rings is 1. The van der Waals surface area contributed by atoms with Crippen LogP contribution in [0.5, 0.6) is 0 Å². The van der Waals surface area contributed by atoms with Crippen LogP contribution in [0, 0.1) is 11.8 Å². The van der Waals surface area contributed by atoms with Crippen LogP contribution in [0.25, 0.3) is 0 Å². The second-order valence-electron chi connectivity index (χ2n) is 9.11. The molecule has 4 atom stereocenters. The first-order chi connectivity index (χ1) is 12.8. The predicted molar refractivity (Wildman–Crippen MR) is 98.5 cm³/mol. The molecule has 1 spiro atoms. The van der Waals surface area contributed by atoms with Crippen molar-refractivity contribution in [3.8, 4) is 0 Å². The summed E-state index contributed by atoms with van der Waals surface area (Å²) in [5.74, 6) is -0.746. The Morgan fingerprint density at radius 3 is 2.96 bits per heavy atom. The van der Waals surface area contributed by atoms with E-state index in [2.05, 4.69) is 4.98 Å². The molecule has 4 aliphatic heterocycles. The van der Waals surface area contributed by atoms with Crippen LogP contribution in [-0.2, 0) is 27.3 Å².